The summed E-state index contributed by atoms with van der Waals surface area (Å²) in [5.41, 5.74) is 9.13. The summed E-state index contributed by atoms with van der Waals surface area (Å²) in [5.74, 6) is -1.08. The number of hydrogen-bond donors (Lipinski definition) is 0. The molecule has 0 aromatic heterocycles. The van der Waals surface area contributed by atoms with E-state index in [1.54, 1.807) is 14.0 Å². The number of aldehydes is 1. The summed E-state index contributed by atoms with van der Waals surface area (Å²) in [5, 5.41) is 4.34. The standard InChI is InChI=1S/C82H127N3O17/c1-22-57-46(5)45(4)48(7)72(94-57)99-70-66(98-71-47(6)44(3)43(2)38-92-71)51(10)65(52(11)87)97-74(70)96-62-31-32-78(17)60(79(62,18)42-86)30-33-80(19)61(78)29-28-55-56-36-76(13,14)34-35-82(56,63(89-21)37-81(55,80)20)75(88)100-73-68(91-41-59-69-67(49(8)53(12)93-59)101-77(15,16)102-69)50(9)64(84-85-83)58(95-73)40-90-39-54-26-24-23-25-27-54/h23-28,42-51,53,56-74H,22,29-41H2,1-21H3/t43-,44+,45+,46-,47?,48?,49+,50?,51-,53-,56?,57?,58?,59+,60-,61?,62+,63?,64-,65?,66+,67?,68?,69?,70?,71+,72+,73+,74-,78?,79-,80+,81-,82-/m1/s1. The SMILES string of the molecule is CCC1O[C@@H](OC2[C@H](O[C@H]3CCC4(C)C5CC=C6C7CC(C)(C)CC[C@]7(C(=O)O[C@@H]7OC(COCc8ccccc8)[C@H](N=[N+]=[N-])C(C)C7OC[C@@H]7O[C@H](C)[C@H](C)C8OC(C)(C)OC87)C(OC)C[C@@]6(C)[C@@]5(C)CC[C@H]4[C@@]3(C)C=O)OC(C(C)=O)[C@@H](C)[C@@H]2O[C@@H]2OC[C@@H](C)[C@H](C)C2C)C(C)[C@@H](C)[C@H]1C. The van der Waals surface area contributed by atoms with Crippen molar-refractivity contribution < 1.29 is 80.7 Å². The number of ether oxygens (including phenoxy) is 14. The molecule has 0 bridgehead atoms. The van der Waals surface area contributed by atoms with Gasteiger partial charge in [0.15, 0.2) is 30.4 Å². The summed E-state index contributed by atoms with van der Waals surface area (Å²) in [4.78, 5) is 48.4. The van der Waals surface area contributed by atoms with Crippen LogP contribution >= 0.6 is 0 Å². The average Bonchev–Trinajstić information content (AvgIpc) is 0.743. The van der Waals surface area contributed by atoms with Gasteiger partial charge in [0.25, 0.3) is 0 Å². The Bertz CT molecular complexity index is 3200. The summed E-state index contributed by atoms with van der Waals surface area (Å²) in [6, 6.07) is 9.12. The van der Waals surface area contributed by atoms with Gasteiger partial charge in [0.2, 0.25) is 6.29 Å². The maximum atomic E-state index is 16.5. The van der Waals surface area contributed by atoms with Gasteiger partial charge in [-0.1, -0.05) is 158 Å². The van der Waals surface area contributed by atoms with Crippen molar-refractivity contribution in [1.29, 1.82) is 0 Å². The molecule has 0 N–H and O–H groups in total. The van der Waals surface area contributed by atoms with Crippen LogP contribution in [0.2, 0.25) is 0 Å². The van der Waals surface area contributed by atoms with E-state index in [0.29, 0.717) is 56.1 Å². The Labute approximate surface area is 609 Å². The van der Waals surface area contributed by atoms with Crippen LogP contribution in [0.25, 0.3) is 10.4 Å². The van der Waals surface area contributed by atoms with E-state index in [4.69, 9.17) is 66.3 Å². The van der Waals surface area contributed by atoms with Crippen LogP contribution in [0.5, 0.6) is 0 Å². The number of hydrogen-bond acceptors (Lipinski definition) is 18. The number of nitrogens with zero attached hydrogens (tertiary/aromatic N) is 3. The van der Waals surface area contributed by atoms with Crippen molar-refractivity contribution in [3.63, 3.8) is 0 Å². The lowest BCUT2D eigenvalue weighted by Crippen LogP contribution is -2.69. The van der Waals surface area contributed by atoms with Crippen LogP contribution in [0.1, 0.15) is 208 Å². The van der Waals surface area contributed by atoms with E-state index in [-0.39, 0.29) is 89.1 Å². The molecule has 5 aliphatic carbocycles. The van der Waals surface area contributed by atoms with Gasteiger partial charge < -0.3 is 71.1 Å². The van der Waals surface area contributed by atoms with Gasteiger partial charge in [-0.15, -0.1) is 0 Å². The van der Waals surface area contributed by atoms with Gasteiger partial charge in [-0.3, -0.25) is 9.59 Å². The van der Waals surface area contributed by atoms with Crippen molar-refractivity contribution >= 4 is 18.0 Å². The maximum Gasteiger partial charge on any atom is 0.317 e. The van der Waals surface area contributed by atoms with Gasteiger partial charge in [0.05, 0.1) is 80.6 Å². The molecular weight excluding hydrogens is 1300 g/mol. The van der Waals surface area contributed by atoms with Crippen molar-refractivity contribution in [3.05, 3.63) is 58.0 Å². The molecular formula is C82H127N3O17. The molecule has 572 valence electrons. The molecule has 20 heteroatoms. The summed E-state index contributed by atoms with van der Waals surface area (Å²) in [6.45, 7) is 44.2. The first-order chi connectivity index (χ1) is 48.2. The summed E-state index contributed by atoms with van der Waals surface area (Å²) in [7, 11) is 1.76. The molecule has 4 saturated carbocycles. The number of carbonyl (C=O) groups is 3. The normalized spacial score (nSPS) is 49.6. The molecule has 10 fully saturated rings. The predicted octanol–water partition coefficient (Wildman–Crippen LogP) is 15.1. The quantitative estimate of drug-likeness (QED) is 0.0225. The monoisotopic (exact) mass is 1430 g/mol. The molecule has 0 amide bonds. The Hall–Kier alpha value is -3.44. The number of allylic oxidation sites excluding steroid dienone is 2. The largest absolute Gasteiger partial charge is 0.432 e. The summed E-state index contributed by atoms with van der Waals surface area (Å²) >= 11 is 0. The summed E-state index contributed by atoms with van der Waals surface area (Å²) in [6.07, 6.45) is 0.751. The van der Waals surface area contributed by atoms with Crippen LogP contribution < -0.4 is 0 Å². The van der Waals surface area contributed by atoms with Crippen LogP contribution in [0, 0.1) is 104 Å². The van der Waals surface area contributed by atoms with Crippen LogP contribution in [-0.2, 0) is 87.3 Å². The van der Waals surface area contributed by atoms with Gasteiger partial charge in [0, 0.05) is 35.7 Å². The highest BCUT2D eigenvalue weighted by Crippen LogP contribution is 2.76. The first-order valence-corrected chi connectivity index (χ1v) is 39.4. The first kappa shape index (κ1) is 78.2. The highest BCUT2D eigenvalue weighted by atomic mass is 16.8. The lowest BCUT2D eigenvalue weighted by molar-refractivity contribution is -0.374. The minimum atomic E-state index is -1.24. The van der Waals surface area contributed by atoms with Crippen LogP contribution in [0.4, 0.5) is 0 Å². The highest BCUT2D eigenvalue weighted by Gasteiger charge is 2.73. The van der Waals surface area contributed by atoms with Crippen molar-refractivity contribution in [3.8, 4) is 0 Å². The molecule has 0 spiro atoms. The number of esters is 1. The second-order valence-electron chi connectivity index (χ2n) is 36.5. The number of Topliss-reactive ketones (excluding diaryl/α,β-unsaturated/α-hetero) is 1. The van der Waals surface area contributed by atoms with Gasteiger partial charge in [-0.05, 0) is 172 Å². The fourth-order valence-electron chi connectivity index (χ4n) is 22.5. The average molecular weight is 1430 g/mol. The third-order valence-corrected chi connectivity index (χ3v) is 29.9. The topological polar surface area (TPSA) is 229 Å². The second kappa shape index (κ2) is 29.9. The molecule has 12 rings (SSSR count). The van der Waals surface area contributed by atoms with Gasteiger partial charge in [-0.2, -0.15) is 0 Å². The fourth-order valence-corrected chi connectivity index (χ4v) is 22.5. The zero-order valence-electron chi connectivity index (χ0n) is 65.5. The minimum absolute atomic E-state index is 0.0214. The van der Waals surface area contributed by atoms with Gasteiger partial charge in [-0.25, -0.2) is 0 Å². The molecule has 1 aromatic carbocycles. The molecule has 34 atom stereocenters. The smallest absolute Gasteiger partial charge is 0.317 e. The van der Waals surface area contributed by atoms with Crippen molar-refractivity contribution in [2.24, 2.45) is 109 Å². The van der Waals surface area contributed by atoms with E-state index in [2.05, 4.69) is 113 Å². The first-order valence-electron chi connectivity index (χ1n) is 39.4. The Morgan fingerprint density at radius 3 is 2.05 bits per heavy atom. The lowest BCUT2D eigenvalue weighted by Gasteiger charge is -2.71. The van der Waals surface area contributed by atoms with Crippen LogP contribution in [0.15, 0.2) is 47.1 Å². The zero-order valence-corrected chi connectivity index (χ0v) is 65.5. The van der Waals surface area contributed by atoms with Crippen LogP contribution in [-0.4, -0.2) is 155 Å². The number of carbonyl (C=O) groups excluding carboxylic acids is 3. The third kappa shape index (κ3) is 13.7. The maximum absolute atomic E-state index is 16.5. The van der Waals surface area contributed by atoms with E-state index in [1.807, 2.05) is 65.0 Å². The Balaban J connectivity index is 0.844. The molecule has 1 aromatic rings. The second-order valence-corrected chi connectivity index (χ2v) is 36.5. The minimum Gasteiger partial charge on any atom is -0.432 e. The number of azide groups is 1. The zero-order chi connectivity index (χ0) is 73.7. The molecule has 11 aliphatic rings. The number of rotatable bonds is 20. The van der Waals surface area contributed by atoms with E-state index >= 15 is 4.79 Å². The molecule has 0 radical (unpaired) electrons. The van der Waals surface area contributed by atoms with E-state index in [1.165, 1.54) is 11.9 Å². The molecule has 14 unspecified atom stereocenters. The summed E-state index contributed by atoms with van der Waals surface area (Å²) < 4.78 is 96.5. The Morgan fingerprint density at radius 2 is 1.36 bits per heavy atom. The van der Waals surface area contributed by atoms with E-state index in [9.17, 15) is 15.1 Å². The van der Waals surface area contributed by atoms with Crippen molar-refractivity contribution in [1.82, 2.24) is 0 Å². The number of methoxy groups -OCH3 is 1. The number of fused-ring (bicyclic) bond motifs is 8. The predicted molar refractivity (Wildman–Crippen MR) is 382 cm³/mol. The molecule has 6 aliphatic heterocycles. The molecule has 102 heavy (non-hydrogen) atoms. The molecule has 6 saturated heterocycles. The lowest BCUT2D eigenvalue weighted by atomic mass is 9.33. The third-order valence-electron chi connectivity index (χ3n) is 29.9. The highest BCUT2D eigenvalue weighted by molar-refractivity contribution is 5.81. The fraction of sp³-hybridized carbons (Fsp3) is 0.866. The van der Waals surface area contributed by atoms with Crippen LogP contribution in [0.3, 0.4) is 0 Å². The van der Waals surface area contributed by atoms with E-state index < -0.39 is 126 Å². The molecule has 6 heterocycles. The molecule has 20 nitrogen and oxygen atoms in total. The van der Waals surface area contributed by atoms with Gasteiger partial charge >= 0.3 is 5.97 Å². The number of benzene rings is 1. The van der Waals surface area contributed by atoms with E-state index in [0.717, 1.165) is 50.5 Å². The Morgan fingerprint density at radius 1 is 0.667 bits per heavy atom. The van der Waals surface area contributed by atoms with Crippen molar-refractivity contribution in [2.45, 2.75) is 320 Å². The van der Waals surface area contributed by atoms with Gasteiger partial charge in [0.1, 0.15) is 42.2 Å². The Kier molecular flexibility index (Phi) is 22.9. The van der Waals surface area contributed by atoms with Crippen molar-refractivity contribution in [2.75, 3.05) is 26.9 Å². The number of ketones is 1.